The molecule has 0 radical (unpaired) electrons. The van der Waals surface area contributed by atoms with Crippen molar-refractivity contribution in [2.45, 2.75) is 38.6 Å². The number of nitrogens with two attached hydrogens (primary N) is 1. The number of rotatable bonds is 4. The van der Waals surface area contributed by atoms with Gasteiger partial charge in [0.2, 0.25) is 5.91 Å². The second-order valence-electron chi connectivity index (χ2n) is 5.55. The summed E-state index contributed by atoms with van der Waals surface area (Å²) in [6.07, 6.45) is 3.96. The van der Waals surface area contributed by atoms with E-state index in [1.807, 2.05) is 6.92 Å². The minimum Gasteiger partial charge on any atom is -0.469 e. The Morgan fingerprint density at radius 2 is 2.17 bits per heavy atom. The van der Waals surface area contributed by atoms with Crippen LogP contribution in [0.1, 0.15) is 32.6 Å². The number of hydrogen-bond donors (Lipinski definition) is 1. The van der Waals surface area contributed by atoms with Crippen molar-refractivity contribution in [2.75, 3.05) is 20.2 Å². The molecule has 5 heteroatoms. The maximum absolute atomic E-state index is 11.9. The van der Waals surface area contributed by atoms with E-state index in [9.17, 15) is 9.59 Å². The molecule has 2 atom stereocenters. The van der Waals surface area contributed by atoms with Crippen molar-refractivity contribution in [2.24, 2.45) is 17.1 Å². The van der Waals surface area contributed by atoms with E-state index in [0.717, 1.165) is 25.8 Å². The summed E-state index contributed by atoms with van der Waals surface area (Å²) in [6.45, 7) is 3.36. The summed E-state index contributed by atoms with van der Waals surface area (Å²) in [7, 11) is 1.43. The first-order valence-corrected chi connectivity index (χ1v) is 6.65. The molecule has 2 N–H and O–H groups in total. The molecule has 1 spiro atoms. The average molecular weight is 254 g/mol. The number of methoxy groups -OCH3 is 1. The van der Waals surface area contributed by atoms with Crippen LogP contribution in [0.4, 0.5) is 0 Å². The van der Waals surface area contributed by atoms with Crippen LogP contribution in [-0.4, -0.2) is 43.0 Å². The molecule has 1 aliphatic carbocycles. The lowest BCUT2D eigenvalue weighted by molar-refractivity contribution is -0.150. The molecule has 18 heavy (non-hydrogen) atoms. The molecule has 1 heterocycles. The van der Waals surface area contributed by atoms with E-state index in [0.29, 0.717) is 13.0 Å². The van der Waals surface area contributed by atoms with Gasteiger partial charge in [-0.2, -0.15) is 0 Å². The molecule has 102 valence electrons. The van der Waals surface area contributed by atoms with Crippen LogP contribution in [0.2, 0.25) is 0 Å². The van der Waals surface area contributed by atoms with E-state index in [2.05, 4.69) is 4.90 Å². The number of hydrogen-bond acceptors (Lipinski definition) is 4. The first-order chi connectivity index (χ1) is 8.54. The van der Waals surface area contributed by atoms with Crippen LogP contribution in [0.15, 0.2) is 0 Å². The standard InChI is InChI=1S/C13H22N2O3/c1-3-10(11(14)16)15-7-9(12(17)18-2)13(8-15)5-4-6-13/h9-10H,3-8H2,1-2H3,(H2,14,16). The molecule has 5 nitrogen and oxygen atoms in total. The smallest absolute Gasteiger partial charge is 0.310 e. The second kappa shape index (κ2) is 4.88. The number of primary amides is 1. The molecular weight excluding hydrogens is 232 g/mol. The molecular formula is C13H22N2O3. The molecule has 0 aromatic rings. The van der Waals surface area contributed by atoms with Crippen molar-refractivity contribution in [3.05, 3.63) is 0 Å². The number of nitrogens with zero attached hydrogens (tertiary/aromatic N) is 1. The Morgan fingerprint density at radius 3 is 2.56 bits per heavy atom. The van der Waals surface area contributed by atoms with Crippen molar-refractivity contribution in [3.8, 4) is 0 Å². The van der Waals surface area contributed by atoms with Crippen LogP contribution in [0.5, 0.6) is 0 Å². The molecule has 0 aromatic heterocycles. The summed E-state index contributed by atoms with van der Waals surface area (Å²) >= 11 is 0. The molecule has 0 bridgehead atoms. The number of amides is 1. The van der Waals surface area contributed by atoms with Gasteiger partial charge in [-0.1, -0.05) is 13.3 Å². The van der Waals surface area contributed by atoms with E-state index in [1.54, 1.807) is 0 Å². The third-order valence-corrected chi connectivity index (χ3v) is 4.67. The van der Waals surface area contributed by atoms with Gasteiger partial charge in [0.25, 0.3) is 0 Å². The zero-order chi connectivity index (χ0) is 13.3. The van der Waals surface area contributed by atoms with Gasteiger partial charge < -0.3 is 10.5 Å². The van der Waals surface area contributed by atoms with E-state index in [-0.39, 0.29) is 29.3 Å². The molecule has 1 saturated heterocycles. The summed E-state index contributed by atoms with van der Waals surface area (Å²) in [5.41, 5.74) is 5.47. The highest BCUT2D eigenvalue weighted by molar-refractivity contribution is 5.80. The van der Waals surface area contributed by atoms with E-state index in [4.69, 9.17) is 10.5 Å². The minimum atomic E-state index is -0.294. The van der Waals surface area contributed by atoms with Gasteiger partial charge in [0.05, 0.1) is 19.1 Å². The van der Waals surface area contributed by atoms with Gasteiger partial charge in [0.15, 0.2) is 0 Å². The number of likely N-dealkylation sites (tertiary alicyclic amines) is 1. The Balaban J connectivity index is 2.14. The SMILES string of the molecule is CCC(C(N)=O)N1CC(C(=O)OC)C2(CCC2)C1. The normalized spacial score (nSPS) is 27.8. The molecule has 2 unspecified atom stereocenters. The highest BCUT2D eigenvalue weighted by atomic mass is 16.5. The van der Waals surface area contributed by atoms with E-state index in [1.165, 1.54) is 7.11 Å². The maximum atomic E-state index is 11.9. The molecule has 0 aromatic carbocycles. The zero-order valence-corrected chi connectivity index (χ0v) is 11.1. The molecule has 2 fully saturated rings. The Bertz CT molecular complexity index is 352. The van der Waals surface area contributed by atoms with Gasteiger partial charge >= 0.3 is 5.97 Å². The minimum absolute atomic E-state index is 0.0377. The van der Waals surface area contributed by atoms with Gasteiger partial charge in [-0.05, 0) is 24.7 Å². The Morgan fingerprint density at radius 1 is 1.50 bits per heavy atom. The van der Waals surface area contributed by atoms with Crippen LogP contribution >= 0.6 is 0 Å². The zero-order valence-electron chi connectivity index (χ0n) is 11.1. The number of carbonyl (C=O) groups is 2. The Labute approximate surface area is 108 Å². The largest absolute Gasteiger partial charge is 0.469 e. The lowest BCUT2D eigenvalue weighted by atomic mass is 9.63. The van der Waals surface area contributed by atoms with E-state index < -0.39 is 0 Å². The van der Waals surface area contributed by atoms with Gasteiger partial charge in [-0.25, -0.2) is 0 Å². The molecule has 2 aliphatic rings. The van der Waals surface area contributed by atoms with Crippen molar-refractivity contribution in [1.82, 2.24) is 4.90 Å². The lowest BCUT2D eigenvalue weighted by Crippen LogP contribution is -2.45. The highest BCUT2D eigenvalue weighted by Gasteiger charge is 2.55. The van der Waals surface area contributed by atoms with Crippen LogP contribution in [0.25, 0.3) is 0 Å². The summed E-state index contributed by atoms with van der Waals surface area (Å²) in [4.78, 5) is 25.4. The van der Waals surface area contributed by atoms with Crippen LogP contribution in [-0.2, 0) is 14.3 Å². The first kappa shape index (κ1) is 13.3. The topological polar surface area (TPSA) is 72.6 Å². The fourth-order valence-electron chi connectivity index (χ4n) is 3.49. The molecule has 1 aliphatic heterocycles. The monoisotopic (exact) mass is 254 g/mol. The fraction of sp³-hybridized carbons (Fsp3) is 0.846. The third kappa shape index (κ3) is 2.00. The quantitative estimate of drug-likeness (QED) is 0.743. The summed E-state index contributed by atoms with van der Waals surface area (Å²) in [5.74, 6) is -0.529. The predicted octanol–water partition coefficient (Wildman–Crippen LogP) is 0.525. The molecule has 1 amide bonds. The fourth-order valence-corrected chi connectivity index (χ4v) is 3.49. The summed E-state index contributed by atoms with van der Waals surface area (Å²) in [6, 6.07) is -0.253. The number of carbonyl (C=O) groups excluding carboxylic acids is 2. The summed E-state index contributed by atoms with van der Waals surface area (Å²) < 4.78 is 4.91. The highest BCUT2D eigenvalue weighted by Crippen LogP contribution is 2.52. The predicted molar refractivity (Wildman–Crippen MR) is 66.6 cm³/mol. The van der Waals surface area contributed by atoms with Gasteiger partial charge in [0.1, 0.15) is 0 Å². The van der Waals surface area contributed by atoms with E-state index >= 15 is 0 Å². The van der Waals surface area contributed by atoms with Gasteiger partial charge in [0, 0.05) is 13.1 Å². The summed E-state index contributed by atoms with van der Waals surface area (Å²) in [5, 5.41) is 0. The maximum Gasteiger partial charge on any atom is 0.310 e. The van der Waals surface area contributed by atoms with Crippen molar-refractivity contribution in [3.63, 3.8) is 0 Å². The van der Waals surface area contributed by atoms with Gasteiger partial charge in [-0.3, -0.25) is 14.5 Å². The van der Waals surface area contributed by atoms with Gasteiger partial charge in [-0.15, -0.1) is 0 Å². The Hall–Kier alpha value is -1.10. The van der Waals surface area contributed by atoms with Crippen molar-refractivity contribution < 1.29 is 14.3 Å². The second-order valence-corrected chi connectivity index (χ2v) is 5.55. The molecule has 1 saturated carbocycles. The van der Waals surface area contributed by atoms with Crippen molar-refractivity contribution in [1.29, 1.82) is 0 Å². The van der Waals surface area contributed by atoms with Crippen LogP contribution < -0.4 is 5.73 Å². The van der Waals surface area contributed by atoms with Crippen molar-refractivity contribution >= 4 is 11.9 Å². The van der Waals surface area contributed by atoms with Crippen LogP contribution in [0.3, 0.4) is 0 Å². The van der Waals surface area contributed by atoms with Crippen LogP contribution in [0, 0.1) is 11.3 Å². The molecule has 2 rings (SSSR count). The third-order valence-electron chi connectivity index (χ3n) is 4.67. The Kier molecular flexibility index (Phi) is 3.61. The number of esters is 1. The first-order valence-electron chi connectivity index (χ1n) is 6.65. The average Bonchev–Trinajstić information content (AvgIpc) is 2.68. The number of ether oxygens (including phenoxy) is 1. The lowest BCUT2D eigenvalue weighted by Gasteiger charge is -2.42.